The number of nitrogens with one attached hydrogen (secondary N) is 1. The highest BCUT2D eigenvalue weighted by molar-refractivity contribution is 5.84. The lowest BCUT2D eigenvalue weighted by Crippen LogP contribution is -2.49. The minimum atomic E-state index is -0.0203. The first-order valence-electron chi connectivity index (χ1n) is 8.24. The molecular formula is C16H26N2O. The monoisotopic (exact) mass is 262 g/mol. The summed E-state index contributed by atoms with van der Waals surface area (Å²) in [6.45, 7) is 4.12. The highest BCUT2D eigenvalue weighted by Crippen LogP contribution is 2.51. The van der Waals surface area contributed by atoms with Crippen molar-refractivity contribution >= 4 is 5.91 Å². The van der Waals surface area contributed by atoms with Crippen molar-refractivity contribution < 1.29 is 4.79 Å². The third kappa shape index (κ3) is 1.70. The second-order valence-electron chi connectivity index (χ2n) is 7.56. The van der Waals surface area contributed by atoms with E-state index in [0.717, 1.165) is 32.6 Å². The van der Waals surface area contributed by atoms with Crippen molar-refractivity contribution in [3.8, 4) is 0 Å². The number of nitrogens with zero attached hydrogens (tertiary/aromatic N) is 1. The summed E-state index contributed by atoms with van der Waals surface area (Å²) in [4.78, 5) is 15.4. The third-order valence-corrected chi connectivity index (χ3v) is 6.60. The molecule has 2 atom stereocenters. The van der Waals surface area contributed by atoms with E-state index in [1.165, 1.54) is 44.9 Å². The van der Waals surface area contributed by atoms with E-state index in [2.05, 4.69) is 10.2 Å². The lowest BCUT2D eigenvalue weighted by Gasteiger charge is -2.42. The summed E-state index contributed by atoms with van der Waals surface area (Å²) in [7, 11) is 0. The molecule has 1 amide bonds. The first-order valence-corrected chi connectivity index (χ1v) is 8.24. The van der Waals surface area contributed by atoms with Gasteiger partial charge >= 0.3 is 0 Å². The average molecular weight is 262 g/mol. The summed E-state index contributed by atoms with van der Waals surface area (Å²) in [5.41, 5.74) is 0.524. The van der Waals surface area contributed by atoms with Crippen molar-refractivity contribution in [2.24, 2.45) is 16.7 Å². The standard InChI is InChI=1S/C16H26N2O/c19-14(18-9-8-15(12-18)5-3-6-15)16-7-2-1-4-13(16)10-17-11-16/h13,17H,1-12H2/t13-,16+/m0/s1. The van der Waals surface area contributed by atoms with Gasteiger partial charge in [-0.1, -0.05) is 19.3 Å². The van der Waals surface area contributed by atoms with Gasteiger partial charge in [-0.25, -0.2) is 0 Å². The molecule has 3 nitrogen and oxygen atoms in total. The van der Waals surface area contributed by atoms with Gasteiger partial charge in [0.2, 0.25) is 5.91 Å². The van der Waals surface area contributed by atoms with Gasteiger partial charge in [0.25, 0.3) is 0 Å². The second kappa shape index (κ2) is 4.21. The molecule has 2 heterocycles. The summed E-state index contributed by atoms with van der Waals surface area (Å²) in [5, 5.41) is 3.51. The molecule has 0 aromatic rings. The van der Waals surface area contributed by atoms with Gasteiger partial charge in [-0.2, -0.15) is 0 Å². The molecule has 19 heavy (non-hydrogen) atoms. The predicted molar refractivity (Wildman–Crippen MR) is 74.7 cm³/mol. The van der Waals surface area contributed by atoms with Gasteiger partial charge in [-0.05, 0) is 50.0 Å². The first kappa shape index (κ1) is 12.2. The van der Waals surface area contributed by atoms with Crippen LogP contribution in [-0.4, -0.2) is 37.0 Å². The second-order valence-corrected chi connectivity index (χ2v) is 7.56. The minimum Gasteiger partial charge on any atom is -0.342 e. The average Bonchev–Trinajstić information content (AvgIpc) is 3.02. The van der Waals surface area contributed by atoms with Crippen molar-refractivity contribution in [1.82, 2.24) is 10.2 Å². The van der Waals surface area contributed by atoms with Gasteiger partial charge in [0, 0.05) is 19.6 Å². The van der Waals surface area contributed by atoms with Gasteiger partial charge in [-0.3, -0.25) is 4.79 Å². The number of hydrogen-bond donors (Lipinski definition) is 1. The Bertz CT molecular complexity index is 390. The number of hydrogen-bond acceptors (Lipinski definition) is 2. The lowest BCUT2D eigenvalue weighted by molar-refractivity contribution is -0.145. The fourth-order valence-electron chi connectivity index (χ4n) is 5.18. The molecule has 4 aliphatic rings. The summed E-state index contributed by atoms with van der Waals surface area (Å²) < 4.78 is 0. The molecule has 0 radical (unpaired) electrons. The van der Waals surface area contributed by atoms with Crippen LogP contribution in [-0.2, 0) is 4.79 Å². The molecule has 3 heteroatoms. The van der Waals surface area contributed by atoms with Crippen LogP contribution in [0.25, 0.3) is 0 Å². The molecule has 2 aliphatic heterocycles. The number of carbonyl (C=O) groups is 1. The molecule has 2 saturated carbocycles. The Morgan fingerprint density at radius 1 is 1.11 bits per heavy atom. The number of amides is 1. The molecule has 2 aliphatic carbocycles. The maximum Gasteiger partial charge on any atom is 0.230 e. The van der Waals surface area contributed by atoms with Gasteiger partial charge in [0.15, 0.2) is 0 Å². The molecule has 106 valence electrons. The van der Waals surface area contributed by atoms with E-state index < -0.39 is 0 Å². The van der Waals surface area contributed by atoms with E-state index in [9.17, 15) is 4.79 Å². The normalized spacial score (nSPS) is 40.2. The Balaban J connectivity index is 1.53. The van der Waals surface area contributed by atoms with E-state index in [-0.39, 0.29) is 5.41 Å². The number of carbonyl (C=O) groups excluding carboxylic acids is 1. The summed E-state index contributed by atoms with van der Waals surface area (Å²) >= 11 is 0. The van der Waals surface area contributed by atoms with Crippen LogP contribution < -0.4 is 5.32 Å². The SMILES string of the molecule is O=C(N1CCC2(CCC2)C1)[C@@]12CCCC[C@H]1CNC2. The summed E-state index contributed by atoms with van der Waals surface area (Å²) in [6, 6.07) is 0. The highest BCUT2D eigenvalue weighted by atomic mass is 16.2. The Kier molecular flexibility index (Phi) is 2.70. The highest BCUT2D eigenvalue weighted by Gasteiger charge is 2.54. The van der Waals surface area contributed by atoms with Crippen molar-refractivity contribution in [2.75, 3.05) is 26.2 Å². The smallest absolute Gasteiger partial charge is 0.230 e. The zero-order valence-electron chi connectivity index (χ0n) is 11.9. The van der Waals surface area contributed by atoms with E-state index >= 15 is 0 Å². The molecule has 4 rings (SSSR count). The van der Waals surface area contributed by atoms with Crippen LogP contribution in [0.15, 0.2) is 0 Å². The lowest BCUT2D eigenvalue weighted by atomic mass is 9.67. The zero-order chi connectivity index (χ0) is 12.9. The molecule has 1 spiro atoms. The Morgan fingerprint density at radius 3 is 2.74 bits per heavy atom. The van der Waals surface area contributed by atoms with E-state index in [1.54, 1.807) is 0 Å². The van der Waals surface area contributed by atoms with Crippen LogP contribution in [0.3, 0.4) is 0 Å². The Labute approximate surface area is 116 Å². The fraction of sp³-hybridized carbons (Fsp3) is 0.938. The molecule has 0 aromatic heterocycles. The molecule has 4 fully saturated rings. The van der Waals surface area contributed by atoms with Crippen molar-refractivity contribution in [1.29, 1.82) is 0 Å². The van der Waals surface area contributed by atoms with Crippen LogP contribution in [0.4, 0.5) is 0 Å². The van der Waals surface area contributed by atoms with Crippen molar-refractivity contribution in [3.63, 3.8) is 0 Å². The maximum atomic E-state index is 13.1. The van der Waals surface area contributed by atoms with Gasteiger partial charge in [-0.15, -0.1) is 0 Å². The Morgan fingerprint density at radius 2 is 2.00 bits per heavy atom. The number of fused-ring (bicyclic) bond motifs is 1. The molecule has 0 bridgehead atoms. The third-order valence-electron chi connectivity index (χ3n) is 6.60. The number of likely N-dealkylation sites (tertiary alicyclic amines) is 1. The molecule has 2 saturated heterocycles. The van der Waals surface area contributed by atoms with Crippen LogP contribution in [0.2, 0.25) is 0 Å². The molecule has 0 unspecified atom stereocenters. The Hall–Kier alpha value is -0.570. The van der Waals surface area contributed by atoms with E-state index in [4.69, 9.17) is 0 Å². The van der Waals surface area contributed by atoms with Gasteiger partial charge in [0.05, 0.1) is 5.41 Å². The van der Waals surface area contributed by atoms with Crippen molar-refractivity contribution in [2.45, 2.75) is 51.4 Å². The van der Waals surface area contributed by atoms with Crippen LogP contribution in [0, 0.1) is 16.7 Å². The molecule has 0 aromatic carbocycles. The van der Waals surface area contributed by atoms with Gasteiger partial charge in [0.1, 0.15) is 0 Å². The molecular weight excluding hydrogens is 236 g/mol. The van der Waals surface area contributed by atoms with E-state index in [1.807, 2.05) is 0 Å². The topological polar surface area (TPSA) is 32.3 Å². The number of rotatable bonds is 1. The largest absolute Gasteiger partial charge is 0.342 e. The van der Waals surface area contributed by atoms with E-state index in [0.29, 0.717) is 17.2 Å². The van der Waals surface area contributed by atoms with Crippen LogP contribution in [0.5, 0.6) is 0 Å². The molecule has 1 N–H and O–H groups in total. The van der Waals surface area contributed by atoms with Gasteiger partial charge < -0.3 is 10.2 Å². The minimum absolute atomic E-state index is 0.0203. The van der Waals surface area contributed by atoms with Crippen LogP contribution in [0.1, 0.15) is 51.4 Å². The summed E-state index contributed by atoms with van der Waals surface area (Å²) in [6.07, 6.45) is 10.4. The summed E-state index contributed by atoms with van der Waals surface area (Å²) in [5.74, 6) is 1.12. The van der Waals surface area contributed by atoms with Crippen LogP contribution >= 0.6 is 0 Å². The maximum absolute atomic E-state index is 13.1. The quantitative estimate of drug-likeness (QED) is 0.785. The predicted octanol–water partition coefficient (Wildman–Crippen LogP) is 2.17. The fourth-order valence-corrected chi connectivity index (χ4v) is 5.18. The van der Waals surface area contributed by atoms with Crippen molar-refractivity contribution in [3.05, 3.63) is 0 Å². The zero-order valence-corrected chi connectivity index (χ0v) is 11.9. The first-order chi connectivity index (χ1) is 9.24.